The van der Waals surface area contributed by atoms with Crippen LogP contribution in [0.5, 0.6) is 0 Å². The molecule has 1 atom stereocenters. The minimum atomic E-state index is -0.0391. The molecule has 0 aliphatic heterocycles. The highest BCUT2D eigenvalue weighted by atomic mass is 16.1. The van der Waals surface area contributed by atoms with Crippen LogP contribution in [0.1, 0.15) is 43.6 Å². The van der Waals surface area contributed by atoms with Gasteiger partial charge >= 0.3 is 0 Å². The number of nitrogens with two attached hydrogens (primary N) is 1. The molecule has 1 unspecified atom stereocenters. The highest BCUT2D eigenvalue weighted by Gasteiger charge is 2.20. The zero-order chi connectivity index (χ0) is 14.6. The lowest BCUT2D eigenvalue weighted by Crippen LogP contribution is -2.33. The Balaban J connectivity index is 2.67. The standard InChI is InChI=1S/C15H25N3O/c1-10-8-12(6-7-13(10)18-16)14(19)17-9-11(2)15(3,4)5/h6-8,11,18H,9,16H2,1-5H3,(H,17,19). The van der Waals surface area contributed by atoms with E-state index in [9.17, 15) is 4.79 Å². The van der Waals surface area contributed by atoms with Crippen LogP contribution in [0.2, 0.25) is 0 Å². The van der Waals surface area contributed by atoms with Crippen molar-refractivity contribution >= 4 is 11.6 Å². The van der Waals surface area contributed by atoms with Crippen LogP contribution >= 0.6 is 0 Å². The molecular weight excluding hydrogens is 238 g/mol. The van der Waals surface area contributed by atoms with E-state index in [4.69, 9.17) is 5.84 Å². The van der Waals surface area contributed by atoms with Gasteiger partial charge in [-0.05, 0) is 42.0 Å². The molecule has 0 spiro atoms. The van der Waals surface area contributed by atoms with Gasteiger partial charge in [-0.15, -0.1) is 0 Å². The van der Waals surface area contributed by atoms with E-state index in [1.54, 1.807) is 6.07 Å². The lowest BCUT2D eigenvalue weighted by molar-refractivity contribution is 0.0937. The summed E-state index contributed by atoms with van der Waals surface area (Å²) in [5.41, 5.74) is 5.25. The van der Waals surface area contributed by atoms with Gasteiger partial charge < -0.3 is 10.7 Å². The number of rotatable bonds is 4. The SMILES string of the molecule is Cc1cc(C(=O)NCC(C)C(C)(C)C)ccc1NN. The van der Waals surface area contributed by atoms with Crippen LogP contribution in [0.4, 0.5) is 5.69 Å². The number of amides is 1. The third kappa shape index (κ3) is 4.24. The third-order valence-electron chi connectivity index (χ3n) is 3.69. The predicted molar refractivity (Wildman–Crippen MR) is 79.9 cm³/mol. The Morgan fingerprint density at radius 3 is 2.47 bits per heavy atom. The second-order valence-corrected chi connectivity index (χ2v) is 6.15. The minimum Gasteiger partial charge on any atom is -0.352 e. The van der Waals surface area contributed by atoms with Crippen molar-refractivity contribution in [3.05, 3.63) is 29.3 Å². The molecule has 4 N–H and O–H groups in total. The first-order valence-electron chi connectivity index (χ1n) is 6.61. The lowest BCUT2D eigenvalue weighted by Gasteiger charge is -2.27. The molecule has 0 saturated heterocycles. The van der Waals surface area contributed by atoms with Crippen LogP contribution < -0.4 is 16.6 Å². The second-order valence-electron chi connectivity index (χ2n) is 6.15. The van der Waals surface area contributed by atoms with Gasteiger partial charge in [0.2, 0.25) is 0 Å². The largest absolute Gasteiger partial charge is 0.352 e. The van der Waals surface area contributed by atoms with Gasteiger partial charge in [0.1, 0.15) is 0 Å². The van der Waals surface area contributed by atoms with Crippen molar-refractivity contribution < 1.29 is 4.79 Å². The first-order valence-corrected chi connectivity index (χ1v) is 6.61. The summed E-state index contributed by atoms with van der Waals surface area (Å²) in [5, 5.41) is 2.98. The maximum absolute atomic E-state index is 12.1. The zero-order valence-corrected chi connectivity index (χ0v) is 12.5. The van der Waals surface area contributed by atoms with Crippen molar-refractivity contribution in [1.82, 2.24) is 5.32 Å². The summed E-state index contributed by atoms with van der Waals surface area (Å²) in [5.74, 6) is 5.75. The molecule has 0 radical (unpaired) electrons. The molecule has 1 amide bonds. The van der Waals surface area contributed by atoms with Gasteiger partial charge in [0.15, 0.2) is 0 Å². The minimum absolute atomic E-state index is 0.0391. The van der Waals surface area contributed by atoms with E-state index in [0.717, 1.165) is 11.3 Å². The Labute approximate surface area is 115 Å². The van der Waals surface area contributed by atoms with Crippen molar-refractivity contribution in [2.45, 2.75) is 34.6 Å². The molecule has 19 heavy (non-hydrogen) atoms. The predicted octanol–water partition coefficient (Wildman–Crippen LogP) is 2.69. The fourth-order valence-corrected chi connectivity index (χ4v) is 1.62. The number of carbonyl (C=O) groups is 1. The van der Waals surface area contributed by atoms with Crippen molar-refractivity contribution in [2.75, 3.05) is 12.0 Å². The molecule has 0 aliphatic rings. The summed E-state index contributed by atoms with van der Waals surface area (Å²) in [6.45, 7) is 11.3. The summed E-state index contributed by atoms with van der Waals surface area (Å²) in [6, 6.07) is 5.43. The van der Waals surface area contributed by atoms with Gasteiger partial charge in [0.25, 0.3) is 5.91 Å². The number of nitrogens with one attached hydrogen (secondary N) is 2. The van der Waals surface area contributed by atoms with Crippen molar-refractivity contribution in [2.24, 2.45) is 17.2 Å². The number of benzene rings is 1. The van der Waals surface area contributed by atoms with Gasteiger partial charge in [-0.25, -0.2) is 0 Å². The van der Waals surface area contributed by atoms with E-state index < -0.39 is 0 Å². The summed E-state index contributed by atoms with van der Waals surface area (Å²) >= 11 is 0. The van der Waals surface area contributed by atoms with Gasteiger partial charge in [-0.1, -0.05) is 27.7 Å². The number of carbonyl (C=O) groups excluding carboxylic acids is 1. The van der Waals surface area contributed by atoms with Crippen LogP contribution in [0.15, 0.2) is 18.2 Å². The molecule has 0 aliphatic carbocycles. The maximum atomic E-state index is 12.1. The Bertz CT molecular complexity index is 449. The number of anilines is 1. The van der Waals surface area contributed by atoms with E-state index in [1.165, 1.54) is 0 Å². The van der Waals surface area contributed by atoms with E-state index in [-0.39, 0.29) is 11.3 Å². The topological polar surface area (TPSA) is 67.2 Å². The highest BCUT2D eigenvalue weighted by molar-refractivity contribution is 5.94. The highest BCUT2D eigenvalue weighted by Crippen LogP contribution is 2.24. The number of aryl methyl sites for hydroxylation is 1. The summed E-state index contributed by atoms with van der Waals surface area (Å²) in [7, 11) is 0. The van der Waals surface area contributed by atoms with Crippen molar-refractivity contribution in [3.8, 4) is 0 Å². The molecule has 1 aromatic carbocycles. The van der Waals surface area contributed by atoms with E-state index in [2.05, 4.69) is 38.4 Å². The average Bonchev–Trinajstić information content (AvgIpc) is 2.34. The fourth-order valence-electron chi connectivity index (χ4n) is 1.62. The molecule has 0 fully saturated rings. The Morgan fingerprint density at radius 1 is 1.37 bits per heavy atom. The molecule has 4 heteroatoms. The summed E-state index contributed by atoms with van der Waals surface area (Å²) in [4.78, 5) is 12.1. The Kier molecular flexibility index (Phi) is 4.95. The molecule has 0 aromatic heterocycles. The van der Waals surface area contributed by atoms with Crippen molar-refractivity contribution in [3.63, 3.8) is 0 Å². The Morgan fingerprint density at radius 2 is 2.00 bits per heavy atom. The first-order chi connectivity index (χ1) is 8.75. The average molecular weight is 263 g/mol. The molecule has 0 saturated carbocycles. The van der Waals surface area contributed by atoms with E-state index >= 15 is 0 Å². The van der Waals surface area contributed by atoms with Crippen LogP contribution in [-0.2, 0) is 0 Å². The van der Waals surface area contributed by atoms with Crippen LogP contribution in [0.25, 0.3) is 0 Å². The van der Waals surface area contributed by atoms with Gasteiger partial charge in [-0.3, -0.25) is 10.6 Å². The molecule has 0 heterocycles. The van der Waals surface area contributed by atoms with E-state index in [0.29, 0.717) is 18.0 Å². The zero-order valence-electron chi connectivity index (χ0n) is 12.5. The van der Waals surface area contributed by atoms with Gasteiger partial charge in [-0.2, -0.15) is 0 Å². The maximum Gasteiger partial charge on any atom is 0.251 e. The summed E-state index contributed by atoms with van der Waals surface area (Å²) in [6.07, 6.45) is 0. The van der Waals surface area contributed by atoms with Crippen molar-refractivity contribution in [1.29, 1.82) is 0 Å². The van der Waals surface area contributed by atoms with Gasteiger partial charge in [0.05, 0.1) is 5.69 Å². The number of hydrazine groups is 1. The first kappa shape index (κ1) is 15.5. The third-order valence-corrected chi connectivity index (χ3v) is 3.69. The molecular formula is C15H25N3O. The van der Waals surface area contributed by atoms with Crippen LogP contribution in [0, 0.1) is 18.3 Å². The summed E-state index contributed by atoms with van der Waals surface area (Å²) < 4.78 is 0. The van der Waals surface area contributed by atoms with E-state index in [1.807, 2.05) is 19.1 Å². The smallest absolute Gasteiger partial charge is 0.251 e. The second kappa shape index (κ2) is 6.06. The molecule has 106 valence electrons. The normalized spacial score (nSPS) is 12.9. The fraction of sp³-hybridized carbons (Fsp3) is 0.533. The quantitative estimate of drug-likeness (QED) is 0.578. The van der Waals surface area contributed by atoms with Gasteiger partial charge in [0, 0.05) is 12.1 Å². The monoisotopic (exact) mass is 263 g/mol. The molecule has 1 aromatic rings. The lowest BCUT2D eigenvalue weighted by atomic mass is 9.82. The number of hydrogen-bond acceptors (Lipinski definition) is 3. The number of hydrogen-bond donors (Lipinski definition) is 3. The molecule has 1 rings (SSSR count). The Hall–Kier alpha value is -1.55. The molecule has 0 bridgehead atoms. The molecule has 4 nitrogen and oxygen atoms in total. The van der Waals surface area contributed by atoms with Crippen LogP contribution in [0.3, 0.4) is 0 Å². The number of nitrogen functional groups attached to an aromatic ring is 1. The van der Waals surface area contributed by atoms with Crippen LogP contribution in [-0.4, -0.2) is 12.5 Å².